The van der Waals surface area contributed by atoms with E-state index in [0.29, 0.717) is 0 Å². The van der Waals surface area contributed by atoms with Gasteiger partial charge in [0.2, 0.25) is 0 Å². The zero-order chi connectivity index (χ0) is 15.5. The minimum Gasteiger partial charge on any atom is -0.313 e. The number of anilines is 1. The summed E-state index contributed by atoms with van der Waals surface area (Å²) in [4.78, 5) is 13.7. The van der Waals surface area contributed by atoms with Gasteiger partial charge in [-0.1, -0.05) is 37.1 Å². The summed E-state index contributed by atoms with van der Waals surface area (Å²) in [5.41, 5.74) is 5.78. The van der Waals surface area contributed by atoms with E-state index >= 15 is 0 Å². The van der Waals surface area contributed by atoms with Crippen molar-refractivity contribution in [3.63, 3.8) is 0 Å². The van der Waals surface area contributed by atoms with E-state index in [1.807, 2.05) is 26.2 Å². The van der Waals surface area contributed by atoms with Gasteiger partial charge >= 0.3 is 0 Å². The average Bonchev–Trinajstić information content (AvgIpc) is 2.55. The first-order valence-corrected chi connectivity index (χ1v) is 8.47. The number of pyridine rings is 1. The maximum atomic E-state index is 4.78. The maximum absolute atomic E-state index is 4.78. The van der Waals surface area contributed by atoms with E-state index in [1.54, 1.807) is 0 Å². The van der Waals surface area contributed by atoms with Gasteiger partial charge in [-0.05, 0) is 30.2 Å². The van der Waals surface area contributed by atoms with Crippen LogP contribution in [0.25, 0.3) is 22.3 Å². The van der Waals surface area contributed by atoms with Crippen LogP contribution in [0.5, 0.6) is 0 Å². The molecule has 2 aromatic heterocycles. The quantitative estimate of drug-likeness (QED) is 0.591. The topological polar surface area (TPSA) is 50.7 Å². The molecular weight excluding hydrogens is 291 g/mol. The van der Waals surface area contributed by atoms with Crippen LogP contribution < -0.4 is 10.4 Å². The number of hydrogen-bond acceptors (Lipinski definition) is 5. The summed E-state index contributed by atoms with van der Waals surface area (Å²) in [6.45, 7) is 2.16. The summed E-state index contributed by atoms with van der Waals surface area (Å²) < 4.78 is 3.20. The van der Waals surface area contributed by atoms with Crippen LogP contribution in [0.3, 0.4) is 0 Å². The summed E-state index contributed by atoms with van der Waals surface area (Å²) in [6.07, 6.45) is 2.99. The Bertz CT molecular complexity index is 822. The molecule has 0 aliphatic heterocycles. The molecule has 1 aromatic carbocycles. The van der Waals surface area contributed by atoms with Gasteiger partial charge in [0.1, 0.15) is 5.52 Å². The third-order valence-corrected chi connectivity index (χ3v) is 3.88. The van der Waals surface area contributed by atoms with Crippen molar-refractivity contribution in [2.24, 2.45) is 0 Å². The highest BCUT2D eigenvalue weighted by atomic mass is 32.2. The molecule has 0 aliphatic rings. The van der Waals surface area contributed by atoms with Gasteiger partial charge in [0.25, 0.3) is 0 Å². The SMILES string of the molecule is Bc1nc(NSC)c2nc(-c3cccc(CC)c3)ccc2n1. The third kappa shape index (κ3) is 2.92. The van der Waals surface area contributed by atoms with Gasteiger partial charge < -0.3 is 4.72 Å². The minimum atomic E-state index is 0.742. The Labute approximate surface area is 135 Å². The molecule has 0 unspecified atom stereocenters. The van der Waals surface area contributed by atoms with Crippen molar-refractivity contribution in [1.29, 1.82) is 0 Å². The molecule has 3 rings (SSSR count). The second-order valence-electron chi connectivity index (χ2n) is 5.04. The molecule has 4 nitrogen and oxygen atoms in total. The largest absolute Gasteiger partial charge is 0.313 e. The van der Waals surface area contributed by atoms with E-state index in [4.69, 9.17) is 4.98 Å². The van der Waals surface area contributed by atoms with Gasteiger partial charge in [-0.2, -0.15) is 0 Å². The van der Waals surface area contributed by atoms with Crippen LogP contribution in [0, 0.1) is 0 Å². The molecular formula is C16H17BN4S. The normalized spacial score (nSPS) is 10.8. The lowest BCUT2D eigenvalue weighted by atomic mass is 10.1. The van der Waals surface area contributed by atoms with Crippen molar-refractivity contribution >= 4 is 42.4 Å². The lowest BCUT2D eigenvalue weighted by molar-refractivity contribution is 1.14. The first-order chi connectivity index (χ1) is 10.7. The highest BCUT2D eigenvalue weighted by Crippen LogP contribution is 2.24. The molecule has 2 heterocycles. The molecule has 0 bridgehead atoms. The Morgan fingerprint density at radius 3 is 2.77 bits per heavy atom. The first-order valence-electron chi connectivity index (χ1n) is 7.25. The molecule has 22 heavy (non-hydrogen) atoms. The Hall–Kier alpha value is -2.08. The Kier molecular flexibility index (Phi) is 4.29. The number of hydrogen-bond donors (Lipinski definition) is 1. The fourth-order valence-electron chi connectivity index (χ4n) is 2.41. The standard InChI is InChI=1S/C16H17BN4S/c1-3-10-5-4-6-11(9-10)12-7-8-13-14(18-12)15(21-22-2)20-16(17)19-13/h4-9H,3,17H2,1-2H3,(H,19,20,21). The number of nitrogens with one attached hydrogen (secondary N) is 1. The highest BCUT2D eigenvalue weighted by molar-refractivity contribution is 7.99. The van der Waals surface area contributed by atoms with Gasteiger partial charge in [0, 0.05) is 11.8 Å². The molecule has 0 atom stereocenters. The zero-order valence-corrected chi connectivity index (χ0v) is 13.7. The lowest BCUT2D eigenvalue weighted by Crippen LogP contribution is -2.15. The third-order valence-electron chi connectivity index (χ3n) is 3.48. The molecule has 0 radical (unpaired) electrons. The molecule has 0 saturated heterocycles. The minimum absolute atomic E-state index is 0.742. The van der Waals surface area contributed by atoms with Gasteiger partial charge in [-0.15, -0.1) is 0 Å². The van der Waals surface area contributed by atoms with E-state index in [0.717, 1.165) is 40.3 Å². The summed E-state index contributed by atoms with van der Waals surface area (Å²) in [5.74, 6) is 0.767. The first kappa shape index (κ1) is 14.8. The van der Waals surface area contributed by atoms with Gasteiger partial charge in [0.05, 0.1) is 16.9 Å². The summed E-state index contributed by atoms with van der Waals surface area (Å²) >= 11 is 1.51. The number of aromatic nitrogens is 3. The van der Waals surface area contributed by atoms with Crippen LogP contribution in [-0.2, 0) is 6.42 Å². The maximum Gasteiger partial charge on any atom is 0.189 e. The average molecular weight is 308 g/mol. The number of fused-ring (bicyclic) bond motifs is 1. The molecule has 0 saturated carbocycles. The highest BCUT2D eigenvalue weighted by Gasteiger charge is 2.09. The van der Waals surface area contributed by atoms with Crippen molar-refractivity contribution in [2.45, 2.75) is 13.3 Å². The molecule has 3 aromatic rings. The van der Waals surface area contributed by atoms with Crippen molar-refractivity contribution in [1.82, 2.24) is 15.0 Å². The van der Waals surface area contributed by atoms with Crippen LogP contribution in [0.2, 0.25) is 0 Å². The van der Waals surface area contributed by atoms with Gasteiger partial charge in [-0.25, -0.2) is 15.0 Å². The Morgan fingerprint density at radius 1 is 1.14 bits per heavy atom. The number of rotatable bonds is 4. The van der Waals surface area contributed by atoms with E-state index < -0.39 is 0 Å². The van der Waals surface area contributed by atoms with Crippen LogP contribution in [-0.4, -0.2) is 29.1 Å². The fraction of sp³-hybridized carbons (Fsp3) is 0.188. The lowest BCUT2D eigenvalue weighted by Gasteiger charge is -2.09. The Morgan fingerprint density at radius 2 is 2.00 bits per heavy atom. The number of benzene rings is 1. The molecule has 0 spiro atoms. The van der Waals surface area contributed by atoms with Crippen LogP contribution >= 0.6 is 11.9 Å². The summed E-state index contributed by atoms with van der Waals surface area (Å²) in [5, 5.41) is 0. The number of nitrogens with zero attached hydrogens (tertiary/aromatic N) is 3. The van der Waals surface area contributed by atoms with Gasteiger partial charge in [-0.3, -0.25) is 0 Å². The monoisotopic (exact) mass is 308 g/mol. The number of aryl methyl sites for hydroxylation is 1. The second kappa shape index (κ2) is 6.36. The van der Waals surface area contributed by atoms with E-state index in [1.165, 1.54) is 17.5 Å². The predicted octanol–water partition coefficient (Wildman–Crippen LogP) is 2.20. The summed E-state index contributed by atoms with van der Waals surface area (Å²) in [6, 6.07) is 12.5. The molecule has 0 amide bonds. The van der Waals surface area contributed by atoms with E-state index in [-0.39, 0.29) is 0 Å². The molecule has 1 N–H and O–H groups in total. The zero-order valence-electron chi connectivity index (χ0n) is 12.9. The molecule has 0 aliphatic carbocycles. The smallest absolute Gasteiger partial charge is 0.189 e. The predicted molar refractivity (Wildman–Crippen MR) is 97.5 cm³/mol. The van der Waals surface area contributed by atoms with Gasteiger partial charge in [0.15, 0.2) is 13.7 Å². The molecule has 6 heteroatoms. The summed E-state index contributed by atoms with van der Waals surface area (Å²) in [7, 11) is 1.89. The molecule has 110 valence electrons. The van der Waals surface area contributed by atoms with Crippen LogP contribution in [0.1, 0.15) is 12.5 Å². The van der Waals surface area contributed by atoms with Crippen LogP contribution in [0.15, 0.2) is 36.4 Å². The van der Waals surface area contributed by atoms with Crippen molar-refractivity contribution in [3.05, 3.63) is 42.0 Å². The van der Waals surface area contributed by atoms with Crippen molar-refractivity contribution in [2.75, 3.05) is 11.0 Å². The fourth-order valence-corrected chi connectivity index (χ4v) is 2.75. The molecule has 0 fully saturated rings. The second-order valence-corrected chi connectivity index (χ2v) is 5.66. The van der Waals surface area contributed by atoms with E-state index in [9.17, 15) is 0 Å². The Balaban J connectivity index is 2.15. The van der Waals surface area contributed by atoms with E-state index in [2.05, 4.69) is 45.9 Å². The van der Waals surface area contributed by atoms with Crippen LogP contribution in [0.4, 0.5) is 5.82 Å². The van der Waals surface area contributed by atoms with Crippen molar-refractivity contribution < 1.29 is 0 Å². The van der Waals surface area contributed by atoms with Crippen molar-refractivity contribution in [3.8, 4) is 11.3 Å².